The molecule has 0 radical (unpaired) electrons. The van der Waals surface area contributed by atoms with Gasteiger partial charge in [0.15, 0.2) is 0 Å². The van der Waals surface area contributed by atoms with Gasteiger partial charge in [-0.15, -0.1) is 0 Å². The highest BCUT2D eigenvalue weighted by atomic mass is 19.4. The van der Waals surface area contributed by atoms with Crippen LogP contribution in [0.3, 0.4) is 0 Å². The average Bonchev–Trinajstić information content (AvgIpc) is 2.36. The van der Waals surface area contributed by atoms with Gasteiger partial charge < -0.3 is 10.2 Å². The van der Waals surface area contributed by atoms with Gasteiger partial charge in [-0.05, 0) is 23.6 Å². The maximum absolute atomic E-state index is 12.2. The Kier molecular flexibility index (Phi) is 7.07. The van der Waals surface area contributed by atoms with Crippen LogP contribution in [0.25, 0.3) is 0 Å². The van der Waals surface area contributed by atoms with Crippen molar-refractivity contribution in [3.63, 3.8) is 0 Å². The van der Waals surface area contributed by atoms with Crippen molar-refractivity contribution in [2.24, 2.45) is 0 Å². The average molecular weight is 346 g/mol. The van der Waals surface area contributed by atoms with Gasteiger partial charge in [0.1, 0.15) is 0 Å². The smallest absolute Gasteiger partial charge is 0.481 e. The van der Waals surface area contributed by atoms with Gasteiger partial charge in [0, 0.05) is 0 Å². The van der Waals surface area contributed by atoms with E-state index >= 15 is 0 Å². The molecular weight excluding hydrogens is 334 g/mol. The minimum Gasteiger partial charge on any atom is -0.481 e. The summed E-state index contributed by atoms with van der Waals surface area (Å²) in [7, 11) is 0. The number of hydrogen-bond acceptors (Lipinski definition) is 2. The maximum atomic E-state index is 12.2. The van der Waals surface area contributed by atoms with Crippen molar-refractivity contribution in [1.29, 1.82) is 0 Å². The van der Waals surface area contributed by atoms with Gasteiger partial charge >= 0.3 is 24.3 Å². The molecule has 1 unspecified atom stereocenters. The third kappa shape index (κ3) is 8.07. The fourth-order valence-electron chi connectivity index (χ4n) is 1.38. The predicted molar refractivity (Wildman–Crippen MR) is 65.8 cm³/mol. The number of alkyl halides is 6. The van der Waals surface area contributed by atoms with Crippen molar-refractivity contribution >= 4 is 11.9 Å². The van der Waals surface area contributed by atoms with Gasteiger partial charge in [0.2, 0.25) is 0 Å². The first-order valence-electron chi connectivity index (χ1n) is 5.94. The van der Waals surface area contributed by atoms with E-state index in [9.17, 15) is 31.1 Å². The standard InChI is InChI=1S/C11H11F3O2.C2HF3O2/c1-7(6-10(15)16)8-2-4-9(5-3-8)11(12,13)14;3-2(4,5)1(6)7/h2-5,7H,6H2,1H3,(H,15,16);(H,6,7). The van der Waals surface area contributed by atoms with Gasteiger partial charge in [-0.1, -0.05) is 19.1 Å². The topological polar surface area (TPSA) is 74.6 Å². The first-order valence-corrected chi connectivity index (χ1v) is 5.94. The molecule has 1 aromatic rings. The molecule has 23 heavy (non-hydrogen) atoms. The lowest BCUT2D eigenvalue weighted by atomic mass is 9.97. The number of carbonyl (C=O) groups is 2. The second-order valence-electron chi connectivity index (χ2n) is 4.42. The zero-order valence-corrected chi connectivity index (χ0v) is 11.6. The van der Waals surface area contributed by atoms with Crippen LogP contribution < -0.4 is 0 Å². The molecule has 0 spiro atoms. The summed E-state index contributed by atoms with van der Waals surface area (Å²) in [5.41, 5.74) is -0.130. The van der Waals surface area contributed by atoms with E-state index in [1.807, 2.05) is 0 Å². The molecular formula is C13H12F6O4. The SMILES string of the molecule is CC(CC(=O)O)c1ccc(C(F)(F)F)cc1.O=C(O)C(F)(F)F. The van der Waals surface area contributed by atoms with E-state index in [0.717, 1.165) is 12.1 Å². The van der Waals surface area contributed by atoms with E-state index in [1.165, 1.54) is 12.1 Å². The Bertz CT molecular complexity index is 533. The van der Waals surface area contributed by atoms with Crippen molar-refractivity contribution in [3.05, 3.63) is 35.4 Å². The minimum atomic E-state index is -5.08. The maximum Gasteiger partial charge on any atom is 0.490 e. The highest BCUT2D eigenvalue weighted by Crippen LogP contribution is 2.30. The molecule has 2 N–H and O–H groups in total. The first-order chi connectivity index (χ1) is 10.2. The van der Waals surface area contributed by atoms with E-state index in [4.69, 9.17) is 15.0 Å². The molecule has 0 aliphatic carbocycles. The number of carboxylic acids is 2. The molecule has 0 aromatic heterocycles. The summed E-state index contributed by atoms with van der Waals surface area (Å²) in [6, 6.07) is 4.56. The summed E-state index contributed by atoms with van der Waals surface area (Å²) in [4.78, 5) is 19.3. The van der Waals surface area contributed by atoms with E-state index in [0.29, 0.717) is 5.56 Å². The van der Waals surface area contributed by atoms with Crippen LogP contribution in [0.1, 0.15) is 30.4 Å². The molecule has 130 valence electrons. The second kappa shape index (κ2) is 7.84. The van der Waals surface area contributed by atoms with E-state index in [2.05, 4.69) is 0 Å². The summed E-state index contributed by atoms with van der Waals surface area (Å²) in [5, 5.41) is 15.7. The number of carboxylic acid groups (broad SMARTS) is 2. The van der Waals surface area contributed by atoms with Crippen molar-refractivity contribution in [2.75, 3.05) is 0 Å². The van der Waals surface area contributed by atoms with Crippen molar-refractivity contribution in [3.8, 4) is 0 Å². The van der Waals surface area contributed by atoms with Gasteiger partial charge in [-0.25, -0.2) is 4.79 Å². The quantitative estimate of drug-likeness (QED) is 0.814. The fourth-order valence-corrected chi connectivity index (χ4v) is 1.38. The Morgan fingerprint density at radius 2 is 1.39 bits per heavy atom. The molecule has 0 saturated heterocycles. The monoisotopic (exact) mass is 346 g/mol. The van der Waals surface area contributed by atoms with Crippen LogP contribution in [0, 0.1) is 0 Å². The summed E-state index contributed by atoms with van der Waals surface area (Å²) >= 11 is 0. The summed E-state index contributed by atoms with van der Waals surface area (Å²) in [6.07, 6.45) is -9.53. The first kappa shape index (κ1) is 20.7. The van der Waals surface area contributed by atoms with Crippen LogP contribution in [0.5, 0.6) is 0 Å². The second-order valence-corrected chi connectivity index (χ2v) is 4.42. The number of rotatable bonds is 3. The van der Waals surface area contributed by atoms with Gasteiger partial charge in [0.25, 0.3) is 0 Å². The van der Waals surface area contributed by atoms with Crippen molar-refractivity contribution in [2.45, 2.75) is 31.6 Å². The fraction of sp³-hybridized carbons (Fsp3) is 0.385. The molecule has 0 saturated carbocycles. The van der Waals surface area contributed by atoms with E-state index in [-0.39, 0.29) is 12.3 Å². The van der Waals surface area contributed by atoms with Crippen LogP contribution in [0.15, 0.2) is 24.3 Å². The predicted octanol–water partition coefficient (Wildman–Crippen LogP) is 3.92. The molecule has 1 atom stereocenters. The van der Waals surface area contributed by atoms with Crippen LogP contribution in [-0.4, -0.2) is 28.3 Å². The lowest BCUT2D eigenvalue weighted by Gasteiger charge is -2.11. The lowest BCUT2D eigenvalue weighted by molar-refractivity contribution is -0.192. The van der Waals surface area contributed by atoms with Crippen molar-refractivity contribution in [1.82, 2.24) is 0 Å². The summed E-state index contributed by atoms with van der Waals surface area (Å²) < 4.78 is 68.4. The minimum absolute atomic E-state index is 0.0919. The molecule has 0 bridgehead atoms. The van der Waals surface area contributed by atoms with Gasteiger partial charge in [0.05, 0.1) is 12.0 Å². The Balaban J connectivity index is 0.000000585. The highest BCUT2D eigenvalue weighted by molar-refractivity contribution is 5.73. The number of aliphatic carboxylic acids is 2. The molecule has 1 aromatic carbocycles. The van der Waals surface area contributed by atoms with Crippen LogP contribution in [0.4, 0.5) is 26.3 Å². The van der Waals surface area contributed by atoms with Crippen LogP contribution in [0.2, 0.25) is 0 Å². The molecule has 1 rings (SSSR count). The van der Waals surface area contributed by atoms with E-state index in [1.54, 1.807) is 6.92 Å². The highest BCUT2D eigenvalue weighted by Gasteiger charge is 2.38. The Morgan fingerprint density at radius 3 is 1.65 bits per heavy atom. The van der Waals surface area contributed by atoms with E-state index < -0.39 is 29.9 Å². The molecule has 0 fully saturated rings. The third-order valence-corrected chi connectivity index (χ3v) is 2.53. The molecule has 0 amide bonds. The zero-order chi connectivity index (χ0) is 18.4. The molecule has 4 nitrogen and oxygen atoms in total. The number of halogens is 6. The molecule has 0 aliphatic heterocycles. The molecule has 10 heteroatoms. The van der Waals surface area contributed by atoms with Crippen molar-refractivity contribution < 1.29 is 46.1 Å². The molecule has 0 aliphatic rings. The normalized spacial score (nSPS) is 12.8. The Labute approximate surface area is 126 Å². The number of hydrogen-bond donors (Lipinski definition) is 2. The Hall–Kier alpha value is -2.26. The zero-order valence-electron chi connectivity index (χ0n) is 11.6. The Morgan fingerprint density at radius 1 is 1.00 bits per heavy atom. The molecule has 0 heterocycles. The third-order valence-electron chi connectivity index (χ3n) is 2.53. The number of benzene rings is 1. The summed E-state index contributed by atoms with van der Waals surface area (Å²) in [5.74, 6) is -4.01. The van der Waals surface area contributed by atoms with Gasteiger partial charge in [-0.3, -0.25) is 4.79 Å². The summed E-state index contributed by atoms with van der Waals surface area (Å²) in [6.45, 7) is 1.66. The van der Waals surface area contributed by atoms with Gasteiger partial charge in [-0.2, -0.15) is 26.3 Å². The largest absolute Gasteiger partial charge is 0.490 e. The van der Waals surface area contributed by atoms with Crippen LogP contribution >= 0.6 is 0 Å². The lowest BCUT2D eigenvalue weighted by Crippen LogP contribution is -2.21. The van der Waals surface area contributed by atoms with Crippen LogP contribution in [-0.2, 0) is 15.8 Å².